The zero-order chi connectivity index (χ0) is 14.8. The summed E-state index contributed by atoms with van der Waals surface area (Å²) in [5.41, 5.74) is 8.01. The number of unbranched alkanes of at least 4 members (excludes halogenated alkanes) is 8. The van der Waals surface area contributed by atoms with Crippen LogP contribution in [-0.2, 0) is 6.42 Å². The van der Waals surface area contributed by atoms with E-state index >= 15 is 0 Å². The van der Waals surface area contributed by atoms with Gasteiger partial charge in [0.1, 0.15) is 0 Å². The highest BCUT2D eigenvalue weighted by atomic mass is 16.5. The first-order chi connectivity index (χ1) is 9.66. The summed E-state index contributed by atoms with van der Waals surface area (Å²) in [6, 6.07) is 0. The summed E-state index contributed by atoms with van der Waals surface area (Å²) in [7, 11) is 0. The third-order valence-electron chi connectivity index (χ3n) is 3.93. The molecule has 0 atom stereocenters. The van der Waals surface area contributed by atoms with Gasteiger partial charge >= 0.3 is 0 Å². The van der Waals surface area contributed by atoms with E-state index in [2.05, 4.69) is 25.9 Å². The standard InChI is InChI=1S/C17H32N2O/c1-4-5-6-7-8-9-10-11-12-13-15-16(14(2)3)17(18)20-19-15/h14H,4-13,18H2,1-3H3. The van der Waals surface area contributed by atoms with Crippen molar-refractivity contribution in [2.24, 2.45) is 0 Å². The maximum atomic E-state index is 5.82. The van der Waals surface area contributed by atoms with Crippen LogP contribution in [0.1, 0.15) is 95.7 Å². The minimum Gasteiger partial charge on any atom is -0.367 e. The van der Waals surface area contributed by atoms with E-state index in [0.717, 1.165) is 17.7 Å². The van der Waals surface area contributed by atoms with E-state index in [1.165, 1.54) is 57.8 Å². The monoisotopic (exact) mass is 280 g/mol. The highest BCUT2D eigenvalue weighted by molar-refractivity contribution is 5.41. The number of nitrogens with zero attached hydrogens (tertiary/aromatic N) is 1. The van der Waals surface area contributed by atoms with Gasteiger partial charge in [-0.05, 0) is 18.8 Å². The lowest BCUT2D eigenvalue weighted by atomic mass is 9.99. The molecule has 0 aliphatic heterocycles. The lowest BCUT2D eigenvalue weighted by Gasteiger charge is -2.05. The van der Waals surface area contributed by atoms with Crippen LogP contribution in [0.3, 0.4) is 0 Å². The van der Waals surface area contributed by atoms with Crippen LogP contribution in [0.15, 0.2) is 4.52 Å². The van der Waals surface area contributed by atoms with Crippen molar-refractivity contribution in [3.05, 3.63) is 11.3 Å². The van der Waals surface area contributed by atoms with Crippen LogP contribution in [0.25, 0.3) is 0 Å². The topological polar surface area (TPSA) is 52.0 Å². The lowest BCUT2D eigenvalue weighted by Crippen LogP contribution is -1.97. The molecular weight excluding hydrogens is 248 g/mol. The van der Waals surface area contributed by atoms with Crippen molar-refractivity contribution in [1.29, 1.82) is 0 Å². The van der Waals surface area contributed by atoms with Gasteiger partial charge in [0.05, 0.1) is 5.69 Å². The summed E-state index contributed by atoms with van der Waals surface area (Å²) in [5.74, 6) is 0.903. The molecule has 0 aliphatic rings. The van der Waals surface area contributed by atoms with Gasteiger partial charge in [-0.15, -0.1) is 0 Å². The number of nitrogen functional groups attached to an aromatic ring is 1. The predicted molar refractivity (Wildman–Crippen MR) is 85.9 cm³/mol. The summed E-state index contributed by atoms with van der Waals surface area (Å²) in [4.78, 5) is 0. The third kappa shape index (κ3) is 5.98. The quantitative estimate of drug-likeness (QED) is 0.548. The Balaban J connectivity index is 2.10. The second kappa shape index (κ2) is 9.84. The Morgan fingerprint density at radius 3 is 2.05 bits per heavy atom. The predicted octanol–water partition coefficient (Wildman–Crippen LogP) is 5.45. The van der Waals surface area contributed by atoms with Crippen LogP contribution in [0.4, 0.5) is 5.88 Å². The van der Waals surface area contributed by atoms with E-state index in [0.29, 0.717) is 11.8 Å². The number of anilines is 1. The van der Waals surface area contributed by atoms with Crippen molar-refractivity contribution in [3.63, 3.8) is 0 Å². The van der Waals surface area contributed by atoms with E-state index in [-0.39, 0.29) is 0 Å². The van der Waals surface area contributed by atoms with E-state index in [4.69, 9.17) is 10.3 Å². The zero-order valence-electron chi connectivity index (χ0n) is 13.6. The number of rotatable bonds is 11. The molecule has 2 N–H and O–H groups in total. The van der Waals surface area contributed by atoms with Crippen molar-refractivity contribution in [1.82, 2.24) is 5.16 Å². The molecule has 0 bridgehead atoms. The van der Waals surface area contributed by atoms with Crippen molar-refractivity contribution in [2.75, 3.05) is 5.73 Å². The summed E-state index contributed by atoms with van der Waals surface area (Å²) in [5, 5.41) is 4.10. The fraction of sp³-hybridized carbons (Fsp3) is 0.824. The minimum atomic E-state index is 0.398. The Kier molecular flexibility index (Phi) is 8.40. The number of aromatic nitrogens is 1. The van der Waals surface area contributed by atoms with Gasteiger partial charge in [-0.25, -0.2) is 0 Å². The molecule has 0 amide bonds. The van der Waals surface area contributed by atoms with Gasteiger partial charge in [0, 0.05) is 5.56 Å². The van der Waals surface area contributed by atoms with Crippen molar-refractivity contribution < 1.29 is 4.52 Å². The number of hydrogen-bond acceptors (Lipinski definition) is 3. The van der Waals surface area contributed by atoms with Crippen LogP contribution in [0.2, 0.25) is 0 Å². The smallest absolute Gasteiger partial charge is 0.225 e. The lowest BCUT2D eigenvalue weighted by molar-refractivity contribution is 0.425. The molecule has 0 saturated carbocycles. The largest absolute Gasteiger partial charge is 0.367 e. The molecule has 1 rings (SSSR count). The van der Waals surface area contributed by atoms with E-state index in [1.54, 1.807) is 0 Å². The molecule has 1 aromatic heterocycles. The van der Waals surface area contributed by atoms with Gasteiger partial charge in [-0.3, -0.25) is 0 Å². The second-order valence-electron chi connectivity index (χ2n) is 6.14. The first-order valence-corrected chi connectivity index (χ1v) is 8.40. The molecular formula is C17H32N2O. The maximum Gasteiger partial charge on any atom is 0.225 e. The Bertz CT molecular complexity index is 358. The van der Waals surface area contributed by atoms with Crippen LogP contribution in [-0.4, -0.2) is 5.16 Å². The molecule has 20 heavy (non-hydrogen) atoms. The molecule has 0 saturated heterocycles. The summed E-state index contributed by atoms with van der Waals surface area (Å²) < 4.78 is 5.12. The highest BCUT2D eigenvalue weighted by Gasteiger charge is 2.15. The molecule has 116 valence electrons. The Labute approximate surface area is 124 Å². The van der Waals surface area contributed by atoms with Crippen LogP contribution >= 0.6 is 0 Å². The molecule has 1 aromatic rings. The van der Waals surface area contributed by atoms with Gasteiger partial charge < -0.3 is 10.3 Å². The van der Waals surface area contributed by atoms with Crippen molar-refractivity contribution >= 4 is 5.88 Å². The van der Waals surface area contributed by atoms with Crippen molar-refractivity contribution in [2.45, 2.75) is 90.9 Å². The summed E-state index contributed by atoms with van der Waals surface area (Å²) in [6.45, 7) is 6.55. The SMILES string of the molecule is CCCCCCCCCCCc1noc(N)c1C(C)C. The maximum absolute atomic E-state index is 5.82. The summed E-state index contributed by atoms with van der Waals surface area (Å²) in [6.07, 6.45) is 13.2. The normalized spacial score (nSPS) is 11.4. The Morgan fingerprint density at radius 2 is 1.50 bits per heavy atom. The fourth-order valence-corrected chi connectivity index (χ4v) is 2.75. The Morgan fingerprint density at radius 1 is 0.950 bits per heavy atom. The fourth-order valence-electron chi connectivity index (χ4n) is 2.75. The number of aryl methyl sites for hydroxylation is 1. The minimum absolute atomic E-state index is 0.398. The van der Waals surface area contributed by atoms with Crippen LogP contribution in [0.5, 0.6) is 0 Å². The van der Waals surface area contributed by atoms with Gasteiger partial charge in [0.2, 0.25) is 5.88 Å². The number of nitrogens with two attached hydrogens (primary N) is 1. The number of hydrogen-bond donors (Lipinski definition) is 1. The molecule has 0 aromatic carbocycles. The third-order valence-corrected chi connectivity index (χ3v) is 3.93. The summed E-state index contributed by atoms with van der Waals surface area (Å²) >= 11 is 0. The zero-order valence-corrected chi connectivity index (χ0v) is 13.6. The molecule has 1 heterocycles. The van der Waals surface area contributed by atoms with Crippen LogP contribution < -0.4 is 5.73 Å². The molecule has 0 spiro atoms. The second-order valence-corrected chi connectivity index (χ2v) is 6.14. The van der Waals surface area contributed by atoms with E-state index in [9.17, 15) is 0 Å². The Hall–Kier alpha value is -0.990. The molecule has 3 nitrogen and oxygen atoms in total. The van der Waals surface area contributed by atoms with Gasteiger partial charge in [0.25, 0.3) is 0 Å². The molecule has 0 radical (unpaired) electrons. The average Bonchev–Trinajstić information content (AvgIpc) is 2.78. The highest BCUT2D eigenvalue weighted by Crippen LogP contribution is 2.26. The molecule has 0 fully saturated rings. The van der Waals surface area contributed by atoms with Gasteiger partial charge in [0.15, 0.2) is 0 Å². The van der Waals surface area contributed by atoms with E-state index in [1.807, 2.05) is 0 Å². The molecule has 3 heteroatoms. The van der Waals surface area contributed by atoms with E-state index < -0.39 is 0 Å². The van der Waals surface area contributed by atoms with Crippen molar-refractivity contribution in [3.8, 4) is 0 Å². The first-order valence-electron chi connectivity index (χ1n) is 8.40. The van der Waals surface area contributed by atoms with Gasteiger partial charge in [-0.2, -0.15) is 0 Å². The van der Waals surface area contributed by atoms with Crippen LogP contribution in [0, 0.1) is 0 Å². The van der Waals surface area contributed by atoms with Gasteiger partial charge in [-0.1, -0.05) is 77.3 Å². The average molecular weight is 280 g/mol. The first kappa shape index (κ1) is 17.1. The molecule has 0 unspecified atom stereocenters. The molecule has 0 aliphatic carbocycles.